The number of allylic oxidation sites excluding steroid dienone is 4. The molecule has 0 amide bonds. The first-order chi connectivity index (χ1) is 6.22. The van der Waals surface area contributed by atoms with Gasteiger partial charge in [-0.15, -0.1) is 0 Å². The molecule has 1 unspecified atom stereocenters. The lowest BCUT2D eigenvalue weighted by Gasteiger charge is -2.08. The van der Waals surface area contributed by atoms with Crippen molar-refractivity contribution in [2.45, 2.75) is 6.42 Å². The van der Waals surface area contributed by atoms with Gasteiger partial charge < -0.3 is 9.84 Å². The summed E-state index contributed by atoms with van der Waals surface area (Å²) in [7, 11) is 1.34. The van der Waals surface area contributed by atoms with Gasteiger partial charge in [-0.3, -0.25) is 0 Å². The highest BCUT2D eigenvalue weighted by molar-refractivity contribution is 5.81. The van der Waals surface area contributed by atoms with Gasteiger partial charge in [-0.1, -0.05) is 12.2 Å². The smallest absolute Gasteiger partial charge is 0.330 e. The molecule has 1 N–H and O–H groups in total. The summed E-state index contributed by atoms with van der Waals surface area (Å²) < 4.78 is 4.45. The van der Waals surface area contributed by atoms with Gasteiger partial charge in [0.25, 0.3) is 0 Å². The molecule has 0 saturated heterocycles. The quantitative estimate of drug-likeness (QED) is 0.520. The van der Waals surface area contributed by atoms with E-state index < -0.39 is 0 Å². The molecule has 0 fully saturated rings. The summed E-state index contributed by atoms with van der Waals surface area (Å²) in [5, 5.41) is 9.01. The molecule has 3 heteroatoms. The fraction of sp³-hybridized carbons (Fsp3) is 0.300. The van der Waals surface area contributed by atoms with Crippen LogP contribution in [-0.4, -0.2) is 18.2 Å². The fourth-order valence-corrected chi connectivity index (χ4v) is 1.04. The number of rotatable bonds is 2. The van der Waals surface area contributed by atoms with E-state index in [9.17, 15) is 4.79 Å². The molecule has 0 aromatic rings. The zero-order valence-electron chi connectivity index (χ0n) is 7.43. The van der Waals surface area contributed by atoms with Crippen LogP contribution in [0.3, 0.4) is 0 Å². The third kappa shape index (κ3) is 3.15. The summed E-state index contributed by atoms with van der Waals surface area (Å²) in [4.78, 5) is 10.7. The first kappa shape index (κ1) is 9.58. The van der Waals surface area contributed by atoms with Crippen molar-refractivity contribution in [2.75, 3.05) is 7.11 Å². The summed E-state index contributed by atoms with van der Waals surface area (Å²) in [6.07, 6.45) is 9.04. The second-order valence-corrected chi connectivity index (χ2v) is 2.77. The van der Waals surface area contributed by atoms with Crippen molar-refractivity contribution in [3.05, 3.63) is 36.1 Å². The normalized spacial score (nSPS) is 21.6. The van der Waals surface area contributed by atoms with Crippen LogP contribution >= 0.6 is 0 Å². The third-order valence-electron chi connectivity index (χ3n) is 1.79. The number of carbonyl (C=O) groups excluding carboxylic acids is 1. The SMILES string of the molecule is COC(=O)/C=C/C1C=CC(O)=CC1. The molecule has 0 spiro atoms. The Morgan fingerprint density at radius 1 is 1.77 bits per heavy atom. The molecule has 0 aromatic carbocycles. The first-order valence-corrected chi connectivity index (χ1v) is 4.06. The van der Waals surface area contributed by atoms with Crippen molar-refractivity contribution < 1.29 is 14.6 Å². The molecule has 0 heterocycles. The number of aliphatic hydroxyl groups excluding tert-OH is 1. The maximum absolute atomic E-state index is 10.7. The van der Waals surface area contributed by atoms with Crippen molar-refractivity contribution in [3.63, 3.8) is 0 Å². The summed E-state index contributed by atoms with van der Waals surface area (Å²) in [5.41, 5.74) is 0. The Morgan fingerprint density at radius 3 is 3.08 bits per heavy atom. The Labute approximate surface area is 77.0 Å². The van der Waals surface area contributed by atoms with Gasteiger partial charge in [-0.25, -0.2) is 4.79 Å². The molecular formula is C10H12O3. The highest BCUT2D eigenvalue weighted by atomic mass is 16.5. The van der Waals surface area contributed by atoms with Crippen molar-refractivity contribution in [2.24, 2.45) is 5.92 Å². The Balaban J connectivity index is 2.45. The van der Waals surface area contributed by atoms with Gasteiger partial charge in [0.2, 0.25) is 0 Å². The van der Waals surface area contributed by atoms with Gasteiger partial charge >= 0.3 is 5.97 Å². The van der Waals surface area contributed by atoms with Crippen LogP contribution in [0.25, 0.3) is 0 Å². The monoisotopic (exact) mass is 180 g/mol. The lowest BCUT2D eigenvalue weighted by Crippen LogP contribution is -1.99. The number of methoxy groups -OCH3 is 1. The Morgan fingerprint density at radius 2 is 2.54 bits per heavy atom. The van der Waals surface area contributed by atoms with Crippen molar-refractivity contribution >= 4 is 5.97 Å². The number of carbonyl (C=O) groups is 1. The maximum Gasteiger partial charge on any atom is 0.330 e. The van der Waals surface area contributed by atoms with Crippen LogP contribution in [0, 0.1) is 5.92 Å². The van der Waals surface area contributed by atoms with E-state index in [-0.39, 0.29) is 17.6 Å². The molecule has 0 aliphatic heterocycles. The number of ether oxygens (including phenoxy) is 1. The van der Waals surface area contributed by atoms with E-state index in [1.807, 2.05) is 6.08 Å². The highest BCUT2D eigenvalue weighted by Gasteiger charge is 2.04. The predicted octanol–water partition coefficient (Wildman–Crippen LogP) is 1.73. The van der Waals surface area contributed by atoms with Crippen LogP contribution in [0.15, 0.2) is 36.1 Å². The van der Waals surface area contributed by atoms with E-state index in [0.717, 1.165) is 6.42 Å². The summed E-state index contributed by atoms with van der Waals surface area (Å²) in [6, 6.07) is 0. The van der Waals surface area contributed by atoms with E-state index in [1.54, 1.807) is 18.2 Å². The van der Waals surface area contributed by atoms with Crippen molar-refractivity contribution in [3.8, 4) is 0 Å². The average molecular weight is 180 g/mol. The molecule has 0 saturated carbocycles. The zero-order valence-corrected chi connectivity index (χ0v) is 7.43. The summed E-state index contributed by atoms with van der Waals surface area (Å²) in [5.74, 6) is 0.102. The van der Waals surface area contributed by atoms with Crippen molar-refractivity contribution in [1.29, 1.82) is 0 Å². The molecule has 0 bridgehead atoms. The zero-order chi connectivity index (χ0) is 9.68. The highest BCUT2D eigenvalue weighted by Crippen LogP contribution is 2.15. The lowest BCUT2D eigenvalue weighted by molar-refractivity contribution is -0.134. The molecule has 1 atom stereocenters. The predicted molar refractivity (Wildman–Crippen MR) is 49.1 cm³/mol. The summed E-state index contributed by atoms with van der Waals surface area (Å²) >= 11 is 0. The largest absolute Gasteiger partial charge is 0.508 e. The minimum atomic E-state index is -0.354. The van der Waals surface area contributed by atoms with Crippen LogP contribution in [0.1, 0.15) is 6.42 Å². The van der Waals surface area contributed by atoms with Gasteiger partial charge in [0.05, 0.1) is 7.11 Å². The number of hydrogen-bond donors (Lipinski definition) is 1. The van der Waals surface area contributed by atoms with Crippen LogP contribution in [0.5, 0.6) is 0 Å². The molecule has 70 valence electrons. The minimum absolute atomic E-state index is 0.176. The molecule has 1 rings (SSSR count). The molecule has 1 aliphatic carbocycles. The Kier molecular flexibility index (Phi) is 3.31. The van der Waals surface area contributed by atoms with Crippen LogP contribution in [-0.2, 0) is 9.53 Å². The van der Waals surface area contributed by atoms with E-state index in [2.05, 4.69) is 4.74 Å². The van der Waals surface area contributed by atoms with Gasteiger partial charge in [-0.05, 0) is 24.5 Å². The van der Waals surface area contributed by atoms with Crippen molar-refractivity contribution in [1.82, 2.24) is 0 Å². The molecule has 0 radical (unpaired) electrons. The number of esters is 1. The number of hydrogen-bond acceptors (Lipinski definition) is 3. The van der Waals surface area contributed by atoms with Crippen LogP contribution in [0.4, 0.5) is 0 Å². The Bertz CT molecular complexity index is 274. The molecule has 0 aromatic heterocycles. The number of aliphatic hydroxyl groups is 1. The summed E-state index contributed by atoms with van der Waals surface area (Å²) in [6.45, 7) is 0. The standard InChI is InChI=1S/C10H12O3/c1-13-10(12)7-4-8-2-5-9(11)6-3-8/h2,4-8,11H,3H2,1H3/b7-4+. The second-order valence-electron chi connectivity index (χ2n) is 2.77. The Hall–Kier alpha value is -1.51. The lowest BCUT2D eigenvalue weighted by atomic mass is 10.00. The van der Waals surface area contributed by atoms with Gasteiger partial charge in [0.15, 0.2) is 0 Å². The second kappa shape index (κ2) is 4.50. The van der Waals surface area contributed by atoms with Crippen LogP contribution in [0.2, 0.25) is 0 Å². The van der Waals surface area contributed by atoms with Gasteiger partial charge in [-0.2, -0.15) is 0 Å². The van der Waals surface area contributed by atoms with E-state index in [1.165, 1.54) is 13.2 Å². The fourth-order valence-electron chi connectivity index (χ4n) is 1.04. The third-order valence-corrected chi connectivity index (χ3v) is 1.79. The molecule has 13 heavy (non-hydrogen) atoms. The average Bonchev–Trinajstić information content (AvgIpc) is 2.16. The topological polar surface area (TPSA) is 46.5 Å². The van der Waals surface area contributed by atoms with E-state index in [4.69, 9.17) is 5.11 Å². The minimum Gasteiger partial charge on any atom is -0.508 e. The van der Waals surface area contributed by atoms with Gasteiger partial charge in [0, 0.05) is 6.08 Å². The van der Waals surface area contributed by atoms with Crippen LogP contribution < -0.4 is 0 Å². The molecular weight excluding hydrogens is 168 g/mol. The van der Waals surface area contributed by atoms with E-state index >= 15 is 0 Å². The molecule has 3 nitrogen and oxygen atoms in total. The molecule has 1 aliphatic rings. The van der Waals surface area contributed by atoms with E-state index in [0.29, 0.717) is 0 Å². The maximum atomic E-state index is 10.7. The first-order valence-electron chi connectivity index (χ1n) is 4.06. The van der Waals surface area contributed by atoms with Gasteiger partial charge in [0.1, 0.15) is 5.76 Å².